The van der Waals surface area contributed by atoms with E-state index in [1.54, 1.807) is 48.5 Å². The monoisotopic (exact) mass is 377 g/mol. The molecule has 1 saturated heterocycles. The maximum Gasteiger partial charge on any atom is 0.270 e. The molecule has 1 N–H and O–H groups in total. The average molecular weight is 378 g/mol. The third-order valence-corrected chi connectivity index (χ3v) is 4.98. The maximum absolute atomic E-state index is 12.7. The number of thiocarbonyl (C=S) groups is 1. The number of nitrogens with zero attached hydrogens (tertiary/aromatic N) is 1. The van der Waals surface area contributed by atoms with Gasteiger partial charge in [-0.15, -0.1) is 0 Å². The number of methoxy groups -OCH3 is 1. The van der Waals surface area contributed by atoms with E-state index in [1.165, 1.54) is 23.8 Å². The number of halogens is 1. The van der Waals surface area contributed by atoms with Gasteiger partial charge in [0.25, 0.3) is 5.91 Å². The first-order chi connectivity index (χ1) is 11.5. The fourth-order valence-electron chi connectivity index (χ4n) is 2.21. The lowest BCUT2D eigenvalue weighted by atomic mass is 10.2. The number of rotatable bonds is 3. The van der Waals surface area contributed by atoms with E-state index in [1.807, 2.05) is 0 Å². The summed E-state index contributed by atoms with van der Waals surface area (Å²) >= 11 is 12.7. The molecule has 0 spiro atoms. The number of aromatic hydroxyl groups is 1. The van der Waals surface area contributed by atoms with Gasteiger partial charge in [-0.3, -0.25) is 9.69 Å². The summed E-state index contributed by atoms with van der Waals surface area (Å²) < 4.78 is 5.56. The van der Waals surface area contributed by atoms with Gasteiger partial charge < -0.3 is 9.84 Å². The lowest BCUT2D eigenvalue weighted by molar-refractivity contribution is -0.113. The van der Waals surface area contributed by atoms with Crippen LogP contribution in [0.25, 0.3) is 6.08 Å². The van der Waals surface area contributed by atoms with Gasteiger partial charge in [0.05, 0.1) is 22.7 Å². The van der Waals surface area contributed by atoms with Crippen molar-refractivity contribution in [1.82, 2.24) is 0 Å². The Morgan fingerprint density at radius 3 is 2.58 bits per heavy atom. The molecule has 7 heteroatoms. The molecule has 24 heavy (non-hydrogen) atoms. The zero-order valence-corrected chi connectivity index (χ0v) is 14.9. The predicted octanol–water partition coefficient (Wildman–Crippen LogP) is 4.46. The number of anilines is 1. The van der Waals surface area contributed by atoms with Crippen LogP contribution >= 0.6 is 35.6 Å². The minimum absolute atomic E-state index is 0.174. The fraction of sp³-hybridized carbons (Fsp3) is 0.0588. The Balaban J connectivity index is 1.91. The third kappa shape index (κ3) is 3.26. The number of phenolic OH excluding ortho intramolecular Hbond substituents is 1. The van der Waals surface area contributed by atoms with E-state index in [0.717, 1.165) is 5.56 Å². The standard InChI is InChI=1S/C17H12ClNO3S2/c1-22-14-7-4-11(9-13(14)18)19-16(21)15(24-17(19)23)8-10-2-5-12(20)6-3-10/h2-9,20H,1H3. The number of hydrogen-bond donors (Lipinski definition) is 1. The fourth-order valence-corrected chi connectivity index (χ4v) is 3.76. The highest BCUT2D eigenvalue weighted by molar-refractivity contribution is 8.27. The summed E-state index contributed by atoms with van der Waals surface area (Å²) in [6.07, 6.45) is 1.74. The highest BCUT2D eigenvalue weighted by atomic mass is 35.5. The molecule has 1 amide bonds. The van der Waals surface area contributed by atoms with Gasteiger partial charge in [0.1, 0.15) is 11.5 Å². The van der Waals surface area contributed by atoms with Gasteiger partial charge in [-0.2, -0.15) is 0 Å². The SMILES string of the molecule is COc1ccc(N2C(=O)C(=Cc3ccc(O)cc3)SC2=S)cc1Cl. The van der Waals surface area contributed by atoms with Crippen LogP contribution in [0.1, 0.15) is 5.56 Å². The molecule has 1 aliphatic heterocycles. The van der Waals surface area contributed by atoms with E-state index in [4.69, 9.17) is 28.6 Å². The van der Waals surface area contributed by atoms with E-state index in [2.05, 4.69) is 0 Å². The van der Waals surface area contributed by atoms with E-state index in [-0.39, 0.29) is 11.7 Å². The minimum atomic E-state index is -0.209. The molecule has 1 fully saturated rings. The Morgan fingerprint density at radius 2 is 1.96 bits per heavy atom. The zero-order valence-electron chi connectivity index (χ0n) is 12.5. The summed E-state index contributed by atoms with van der Waals surface area (Å²) in [6.45, 7) is 0. The quantitative estimate of drug-likeness (QED) is 0.632. The molecule has 0 unspecified atom stereocenters. The van der Waals surface area contributed by atoms with Crippen LogP contribution < -0.4 is 9.64 Å². The Hall–Kier alpha value is -2.02. The molecule has 122 valence electrons. The Bertz CT molecular complexity index is 849. The topological polar surface area (TPSA) is 49.8 Å². The smallest absolute Gasteiger partial charge is 0.270 e. The average Bonchev–Trinajstić information content (AvgIpc) is 2.83. The molecular formula is C17H12ClNO3S2. The molecule has 0 aromatic heterocycles. The molecule has 0 aliphatic carbocycles. The number of ether oxygens (including phenoxy) is 1. The Kier molecular flexibility index (Phi) is 4.80. The second-order valence-electron chi connectivity index (χ2n) is 4.93. The van der Waals surface area contributed by atoms with Crippen molar-refractivity contribution in [3.05, 3.63) is 58.0 Å². The maximum atomic E-state index is 12.7. The number of hydrogen-bond acceptors (Lipinski definition) is 5. The van der Waals surface area contributed by atoms with Gasteiger partial charge in [0.15, 0.2) is 4.32 Å². The van der Waals surface area contributed by atoms with Crippen molar-refractivity contribution in [1.29, 1.82) is 0 Å². The summed E-state index contributed by atoms with van der Waals surface area (Å²) in [5, 5.41) is 9.74. The van der Waals surface area contributed by atoms with Crippen LogP contribution in [0.15, 0.2) is 47.4 Å². The van der Waals surface area contributed by atoms with Crippen molar-refractivity contribution >= 4 is 57.6 Å². The normalized spacial score (nSPS) is 16.1. The molecular weight excluding hydrogens is 366 g/mol. The van der Waals surface area contributed by atoms with Crippen molar-refractivity contribution in [3.8, 4) is 11.5 Å². The van der Waals surface area contributed by atoms with E-state index in [0.29, 0.717) is 25.7 Å². The number of carbonyl (C=O) groups is 1. The lowest BCUT2D eigenvalue weighted by Gasteiger charge is -2.15. The number of benzene rings is 2. The second-order valence-corrected chi connectivity index (χ2v) is 7.01. The molecule has 3 rings (SSSR count). The molecule has 0 radical (unpaired) electrons. The van der Waals surface area contributed by atoms with Crippen LogP contribution in [-0.2, 0) is 4.79 Å². The summed E-state index contributed by atoms with van der Waals surface area (Å²) in [6, 6.07) is 11.7. The van der Waals surface area contributed by atoms with Crippen molar-refractivity contribution in [3.63, 3.8) is 0 Å². The Morgan fingerprint density at radius 1 is 1.25 bits per heavy atom. The molecule has 0 bridgehead atoms. The van der Waals surface area contributed by atoms with Crippen LogP contribution in [0.4, 0.5) is 5.69 Å². The molecule has 2 aromatic carbocycles. The van der Waals surface area contributed by atoms with Gasteiger partial charge in [-0.25, -0.2) is 0 Å². The largest absolute Gasteiger partial charge is 0.508 e. The molecule has 0 atom stereocenters. The first-order valence-corrected chi connectivity index (χ1v) is 8.50. The molecule has 1 heterocycles. The predicted molar refractivity (Wildman–Crippen MR) is 102 cm³/mol. The highest BCUT2D eigenvalue weighted by Gasteiger charge is 2.33. The van der Waals surface area contributed by atoms with Gasteiger partial charge >= 0.3 is 0 Å². The molecule has 4 nitrogen and oxygen atoms in total. The summed E-state index contributed by atoms with van der Waals surface area (Å²) in [5.41, 5.74) is 1.40. The van der Waals surface area contributed by atoms with Gasteiger partial charge in [-0.05, 0) is 42.0 Å². The first kappa shape index (κ1) is 16.8. The zero-order chi connectivity index (χ0) is 17.3. The van der Waals surface area contributed by atoms with Gasteiger partial charge in [0.2, 0.25) is 0 Å². The number of carbonyl (C=O) groups excluding carboxylic acids is 1. The van der Waals surface area contributed by atoms with Crippen LogP contribution in [-0.4, -0.2) is 22.4 Å². The first-order valence-electron chi connectivity index (χ1n) is 6.90. The number of thioether (sulfide) groups is 1. The van der Waals surface area contributed by atoms with Crippen LogP contribution in [0.5, 0.6) is 11.5 Å². The van der Waals surface area contributed by atoms with Crippen molar-refractivity contribution in [2.24, 2.45) is 0 Å². The minimum Gasteiger partial charge on any atom is -0.508 e. The molecule has 1 aliphatic rings. The molecule has 2 aromatic rings. The van der Waals surface area contributed by atoms with Gasteiger partial charge in [-0.1, -0.05) is 47.7 Å². The van der Waals surface area contributed by atoms with Gasteiger partial charge in [0, 0.05) is 0 Å². The van der Waals surface area contributed by atoms with Crippen LogP contribution in [0.3, 0.4) is 0 Å². The van der Waals surface area contributed by atoms with Crippen molar-refractivity contribution in [2.45, 2.75) is 0 Å². The molecule has 0 saturated carbocycles. The van der Waals surface area contributed by atoms with Crippen LogP contribution in [0.2, 0.25) is 5.02 Å². The third-order valence-electron chi connectivity index (χ3n) is 3.38. The van der Waals surface area contributed by atoms with E-state index in [9.17, 15) is 9.90 Å². The lowest BCUT2D eigenvalue weighted by Crippen LogP contribution is -2.27. The summed E-state index contributed by atoms with van der Waals surface area (Å²) in [5.74, 6) is 0.498. The second kappa shape index (κ2) is 6.84. The Labute approximate surface area is 153 Å². The highest BCUT2D eigenvalue weighted by Crippen LogP contribution is 2.38. The van der Waals surface area contributed by atoms with Crippen molar-refractivity contribution in [2.75, 3.05) is 12.0 Å². The van der Waals surface area contributed by atoms with E-state index >= 15 is 0 Å². The number of phenols is 1. The van der Waals surface area contributed by atoms with Crippen LogP contribution in [0, 0.1) is 0 Å². The van der Waals surface area contributed by atoms with Crippen molar-refractivity contribution < 1.29 is 14.6 Å². The number of amides is 1. The summed E-state index contributed by atoms with van der Waals surface area (Å²) in [4.78, 5) is 14.6. The summed E-state index contributed by atoms with van der Waals surface area (Å²) in [7, 11) is 1.53. The van der Waals surface area contributed by atoms with E-state index < -0.39 is 0 Å².